The summed E-state index contributed by atoms with van der Waals surface area (Å²) in [6.45, 7) is 3.14. The molecule has 0 fully saturated rings. The monoisotopic (exact) mass is 307 g/mol. The summed E-state index contributed by atoms with van der Waals surface area (Å²) in [6, 6.07) is 0. The Bertz CT molecular complexity index is 275. The van der Waals surface area contributed by atoms with Crippen LogP contribution in [-0.2, 0) is 0 Å². The van der Waals surface area contributed by atoms with Gasteiger partial charge in [-0.3, -0.25) is 0 Å². The predicted molar refractivity (Wildman–Crippen MR) is 67.5 cm³/mol. The molecule has 0 aliphatic rings. The van der Waals surface area contributed by atoms with Crippen LogP contribution in [0, 0.1) is 0 Å². The van der Waals surface area contributed by atoms with E-state index in [0.29, 0.717) is 0 Å². The van der Waals surface area contributed by atoms with E-state index in [0.717, 1.165) is 0 Å². The summed E-state index contributed by atoms with van der Waals surface area (Å²) in [5.74, 6) is -0.363. The fourth-order valence-electron chi connectivity index (χ4n) is 0.593. The largest absolute Gasteiger partial charge is 0.505 e. The van der Waals surface area contributed by atoms with E-state index in [1.807, 2.05) is 0 Å². The van der Waals surface area contributed by atoms with Crippen molar-refractivity contribution in [2.24, 2.45) is 5.73 Å². The molecule has 0 saturated carbocycles. The number of nitrogens with two attached hydrogens (primary N) is 1. The second kappa shape index (κ2) is 6.56. The summed E-state index contributed by atoms with van der Waals surface area (Å²) in [5.41, 5.74) is 4.61. The number of phenolic OH excluding ortho intramolecular Hbond substituents is 1. The third-order valence-electron chi connectivity index (χ3n) is 1.19. The number of hydrogen-bond acceptors (Lipinski definition) is 2. The van der Waals surface area contributed by atoms with Crippen LogP contribution >= 0.6 is 58.0 Å². The molecule has 1 aromatic carbocycles. The number of aromatic hydroxyl groups is 1. The van der Waals surface area contributed by atoms with Crippen molar-refractivity contribution in [3.05, 3.63) is 37.9 Å². The first kappa shape index (κ1) is 15.0. The molecule has 0 aliphatic carbocycles. The number of rotatable bonds is 0. The zero-order valence-corrected chi connectivity index (χ0v) is 11.0. The van der Waals surface area contributed by atoms with E-state index in [1.54, 1.807) is 0 Å². The second-order valence-electron chi connectivity index (χ2n) is 2.15. The Morgan fingerprint density at radius 1 is 0.867 bits per heavy atom. The average Bonchev–Trinajstić information content (AvgIpc) is 2.22. The highest BCUT2D eigenvalue weighted by atomic mass is 35.5. The summed E-state index contributed by atoms with van der Waals surface area (Å²) in [5, 5.41) is 9.01. The Kier molecular flexibility index (Phi) is 6.57. The maximum Gasteiger partial charge on any atom is 0.155 e. The molecule has 0 atom stereocenters. The van der Waals surface area contributed by atoms with E-state index in [1.165, 1.54) is 6.20 Å². The molecule has 0 aromatic heterocycles. The normalized spacial score (nSPS) is 9.13. The van der Waals surface area contributed by atoms with Crippen LogP contribution < -0.4 is 5.73 Å². The Hall–Kier alpha value is 0.01000. The summed E-state index contributed by atoms with van der Waals surface area (Å²) in [6.07, 6.45) is 1.25. The van der Waals surface area contributed by atoms with Gasteiger partial charge in [0, 0.05) is 0 Å². The minimum Gasteiger partial charge on any atom is -0.505 e. The molecule has 0 saturated heterocycles. The molecule has 15 heavy (non-hydrogen) atoms. The molecule has 0 aliphatic heterocycles. The lowest BCUT2D eigenvalue weighted by Gasteiger charge is -2.06. The van der Waals surface area contributed by atoms with Gasteiger partial charge in [-0.05, 0) is 6.20 Å². The third-order valence-corrected chi connectivity index (χ3v) is 3.44. The molecule has 1 rings (SSSR count). The van der Waals surface area contributed by atoms with Crippen molar-refractivity contribution in [2.45, 2.75) is 0 Å². The standard InChI is InChI=1S/C6HCl5O.C2H5N/c7-1-2(8)4(10)6(12)5(11)3(1)9;1-2-3/h12H;2H,1,3H2. The van der Waals surface area contributed by atoms with Crippen LogP contribution in [-0.4, -0.2) is 5.11 Å². The fraction of sp³-hybridized carbons (Fsp3) is 0. The lowest BCUT2D eigenvalue weighted by molar-refractivity contribution is 0.476. The minimum atomic E-state index is -0.363. The number of hydrogen-bond donors (Lipinski definition) is 2. The van der Waals surface area contributed by atoms with Gasteiger partial charge in [0.1, 0.15) is 10.0 Å². The molecule has 0 bridgehead atoms. The van der Waals surface area contributed by atoms with Crippen LogP contribution in [0.25, 0.3) is 0 Å². The van der Waals surface area contributed by atoms with E-state index in [2.05, 4.69) is 12.3 Å². The first-order valence-electron chi connectivity index (χ1n) is 3.41. The maximum absolute atomic E-state index is 9.20. The van der Waals surface area contributed by atoms with Crippen LogP contribution in [0.4, 0.5) is 0 Å². The van der Waals surface area contributed by atoms with Crippen molar-refractivity contribution >= 4 is 58.0 Å². The summed E-state index contributed by atoms with van der Waals surface area (Å²) >= 11 is 27.9. The highest BCUT2D eigenvalue weighted by Crippen LogP contribution is 2.47. The van der Waals surface area contributed by atoms with Crippen molar-refractivity contribution < 1.29 is 5.11 Å². The lowest BCUT2D eigenvalue weighted by Crippen LogP contribution is -1.78. The van der Waals surface area contributed by atoms with Crippen molar-refractivity contribution in [2.75, 3.05) is 0 Å². The van der Waals surface area contributed by atoms with Gasteiger partial charge in [0.25, 0.3) is 0 Å². The van der Waals surface area contributed by atoms with Gasteiger partial charge in [-0.2, -0.15) is 0 Å². The zero-order valence-electron chi connectivity index (χ0n) is 7.20. The number of halogens is 5. The first-order chi connectivity index (χ1) is 6.88. The quantitative estimate of drug-likeness (QED) is 0.537. The second-order valence-corrected chi connectivity index (χ2v) is 4.04. The van der Waals surface area contributed by atoms with Crippen molar-refractivity contribution in [1.29, 1.82) is 0 Å². The molecule has 0 radical (unpaired) electrons. The molecule has 0 spiro atoms. The minimum absolute atomic E-state index is 0.00904. The molecule has 7 heteroatoms. The molecule has 2 nitrogen and oxygen atoms in total. The van der Waals surface area contributed by atoms with Crippen LogP contribution in [0.15, 0.2) is 12.8 Å². The van der Waals surface area contributed by atoms with Crippen LogP contribution in [0.3, 0.4) is 0 Å². The Labute approximate surface area is 112 Å². The van der Waals surface area contributed by atoms with Crippen LogP contribution in [0.2, 0.25) is 25.1 Å². The SMILES string of the molecule is C=CN.Oc1c(Cl)c(Cl)c(Cl)c(Cl)c1Cl. The van der Waals surface area contributed by atoms with Gasteiger partial charge in [0.05, 0.1) is 15.1 Å². The maximum atomic E-state index is 9.20. The average molecular weight is 309 g/mol. The van der Waals surface area contributed by atoms with Gasteiger partial charge in [0.2, 0.25) is 0 Å². The molecule has 84 valence electrons. The van der Waals surface area contributed by atoms with E-state index < -0.39 is 0 Å². The topological polar surface area (TPSA) is 46.2 Å². The van der Waals surface area contributed by atoms with Gasteiger partial charge in [0.15, 0.2) is 5.75 Å². The number of phenols is 1. The highest BCUT2D eigenvalue weighted by molar-refractivity contribution is 6.55. The van der Waals surface area contributed by atoms with Gasteiger partial charge < -0.3 is 10.8 Å². The van der Waals surface area contributed by atoms with E-state index in [4.69, 9.17) is 58.0 Å². The molecule has 0 unspecified atom stereocenters. The Morgan fingerprint density at radius 3 is 1.33 bits per heavy atom. The molecule has 0 heterocycles. The smallest absolute Gasteiger partial charge is 0.155 e. The third kappa shape index (κ3) is 3.51. The van der Waals surface area contributed by atoms with Gasteiger partial charge in [-0.15, -0.1) is 0 Å². The van der Waals surface area contributed by atoms with Crippen molar-refractivity contribution in [3.8, 4) is 5.75 Å². The van der Waals surface area contributed by atoms with E-state index in [-0.39, 0.29) is 30.9 Å². The van der Waals surface area contributed by atoms with Gasteiger partial charge in [-0.1, -0.05) is 64.6 Å². The van der Waals surface area contributed by atoms with Crippen molar-refractivity contribution in [3.63, 3.8) is 0 Å². The van der Waals surface area contributed by atoms with Gasteiger partial charge >= 0.3 is 0 Å². The summed E-state index contributed by atoms with van der Waals surface area (Å²) in [7, 11) is 0. The molecule has 1 aromatic rings. The lowest BCUT2D eigenvalue weighted by atomic mass is 10.3. The Morgan fingerprint density at radius 2 is 1.07 bits per heavy atom. The zero-order chi connectivity index (χ0) is 12.2. The van der Waals surface area contributed by atoms with Crippen LogP contribution in [0.1, 0.15) is 0 Å². The fourth-order valence-corrected chi connectivity index (χ4v) is 1.72. The first-order valence-corrected chi connectivity index (χ1v) is 5.30. The van der Waals surface area contributed by atoms with Crippen LogP contribution in [0.5, 0.6) is 5.75 Å². The molecule has 0 amide bonds. The van der Waals surface area contributed by atoms with E-state index in [9.17, 15) is 5.11 Å². The summed E-state index contributed by atoms with van der Waals surface area (Å²) < 4.78 is 0. The molecule has 3 N–H and O–H groups in total. The van der Waals surface area contributed by atoms with Gasteiger partial charge in [-0.25, -0.2) is 0 Å². The van der Waals surface area contributed by atoms with Crippen molar-refractivity contribution in [1.82, 2.24) is 0 Å². The Balaban J connectivity index is 0.000000583. The predicted octanol–water partition coefficient (Wildman–Crippen LogP) is 4.75. The molecular weight excluding hydrogens is 303 g/mol. The number of benzene rings is 1. The summed E-state index contributed by atoms with van der Waals surface area (Å²) in [4.78, 5) is 0. The molecular formula is C8H6Cl5NO. The highest BCUT2D eigenvalue weighted by Gasteiger charge is 2.17. The van der Waals surface area contributed by atoms with E-state index >= 15 is 0 Å².